The lowest BCUT2D eigenvalue weighted by molar-refractivity contribution is 0.400. The van der Waals surface area contributed by atoms with Crippen molar-refractivity contribution in [1.82, 2.24) is 10.3 Å². The summed E-state index contributed by atoms with van der Waals surface area (Å²) in [6, 6.07) is 8.33. The van der Waals surface area contributed by atoms with Crippen molar-refractivity contribution in [3.05, 3.63) is 59.2 Å². The molecule has 19 heavy (non-hydrogen) atoms. The summed E-state index contributed by atoms with van der Waals surface area (Å²) < 4.78 is 19.3. The second kappa shape index (κ2) is 5.80. The molecule has 0 amide bonds. The first-order chi connectivity index (χ1) is 9.17. The summed E-state index contributed by atoms with van der Waals surface area (Å²) >= 11 is 0. The average Bonchev–Trinajstić information content (AvgIpc) is 2.44. The minimum absolute atomic E-state index is 0.252. The summed E-state index contributed by atoms with van der Waals surface area (Å²) in [5.74, 6) is 0.389. The highest BCUT2D eigenvalue weighted by atomic mass is 19.1. The molecule has 1 N–H and O–H groups in total. The number of nitrogens with zero attached hydrogens (tertiary/aromatic N) is 1. The van der Waals surface area contributed by atoms with Gasteiger partial charge in [-0.05, 0) is 32.2 Å². The van der Waals surface area contributed by atoms with Crippen LogP contribution in [0, 0.1) is 12.7 Å². The van der Waals surface area contributed by atoms with Gasteiger partial charge in [0.1, 0.15) is 17.3 Å². The van der Waals surface area contributed by atoms with Gasteiger partial charge >= 0.3 is 0 Å². The van der Waals surface area contributed by atoms with Crippen molar-refractivity contribution in [3.8, 4) is 5.75 Å². The Morgan fingerprint density at radius 3 is 2.79 bits per heavy atom. The van der Waals surface area contributed by atoms with Gasteiger partial charge in [-0.25, -0.2) is 4.39 Å². The third-order valence-electron chi connectivity index (χ3n) is 3.04. The normalized spacial score (nSPS) is 12.2. The van der Waals surface area contributed by atoms with Gasteiger partial charge < -0.3 is 10.1 Å². The number of ether oxygens (including phenoxy) is 1. The maximum absolute atomic E-state index is 14.0. The number of nitrogens with one attached hydrogen (secondary N) is 1. The Hall–Kier alpha value is -1.94. The van der Waals surface area contributed by atoms with Gasteiger partial charge in [0.05, 0.1) is 13.2 Å². The molecule has 0 fully saturated rings. The Kier molecular flexibility index (Phi) is 4.12. The number of rotatable bonds is 4. The third-order valence-corrected chi connectivity index (χ3v) is 3.04. The predicted molar refractivity (Wildman–Crippen MR) is 72.8 cm³/mol. The molecule has 2 rings (SSSR count). The molecule has 0 saturated carbocycles. The fraction of sp³-hybridized carbons (Fsp3) is 0.267. The average molecular weight is 260 g/mol. The van der Waals surface area contributed by atoms with E-state index in [0.717, 1.165) is 5.56 Å². The van der Waals surface area contributed by atoms with Crippen molar-refractivity contribution in [1.29, 1.82) is 0 Å². The molecule has 1 unspecified atom stereocenters. The van der Waals surface area contributed by atoms with Crippen LogP contribution < -0.4 is 10.1 Å². The van der Waals surface area contributed by atoms with Crippen molar-refractivity contribution < 1.29 is 9.13 Å². The van der Waals surface area contributed by atoms with Gasteiger partial charge in [-0.2, -0.15) is 0 Å². The van der Waals surface area contributed by atoms with Crippen LogP contribution in [-0.2, 0) is 0 Å². The lowest BCUT2D eigenvalue weighted by Gasteiger charge is -2.19. The third kappa shape index (κ3) is 2.74. The molecular formula is C15H17FN2O. The smallest absolute Gasteiger partial charge is 0.142 e. The molecule has 100 valence electrons. The Bertz CT molecular complexity index is 572. The van der Waals surface area contributed by atoms with Crippen LogP contribution in [0.5, 0.6) is 5.75 Å². The maximum Gasteiger partial charge on any atom is 0.142 e. The van der Waals surface area contributed by atoms with Crippen molar-refractivity contribution in [2.24, 2.45) is 0 Å². The molecule has 1 atom stereocenters. The van der Waals surface area contributed by atoms with Crippen LogP contribution in [0.2, 0.25) is 0 Å². The van der Waals surface area contributed by atoms with Gasteiger partial charge in [-0.3, -0.25) is 4.98 Å². The summed E-state index contributed by atoms with van der Waals surface area (Å²) in [7, 11) is 3.36. The van der Waals surface area contributed by atoms with Crippen molar-refractivity contribution in [2.45, 2.75) is 13.0 Å². The Labute approximate surface area is 112 Å². The molecule has 3 nitrogen and oxygen atoms in total. The first-order valence-corrected chi connectivity index (χ1v) is 6.09. The van der Waals surface area contributed by atoms with E-state index >= 15 is 0 Å². The number of benzene rings is 1. The maximum atomic E-state index is 14.0. The summed E-state index contributed by atoms with van der Waals surface area (Å²) in [6.45, 7) is 1.94. The zero-order chi connectivity index (χ0) is 13.8. The Balaban J connectivity index is 2.53. The van der Waals surface area contributed by atoms with Gasteiger partial charge in [-0.15, -0.1) is 0 Å². The summed E-state index contributed by atoms with van der Waals surface area (Å²) in [5, 5.41) is 3.09. The molecule has 4 heteroatoms. The first-order valence-electron chi connectivity index (χ1n) is 6.09. The molecule has 0 aliphatic rings. The van der Waals surface area contributed by atoms with Gasteiger partial charge in [0.25, 0.3) is 0 Å². The SMILES string of the molecule is CNC(c1cc(C)ccc1F)c1ncccc1OC. The molecule has 0 spiro atoms. The van der Waals surface area contributed by atoms with E-state index in [0.29, 0.717) is 17.0 Å². The molecular weight excluding hydrogens is 243 g/mol. The number of hydrogen-bond donors (Lipinski definition) is 1. The molecule has 2 aromatic rings. The largest absolute Gasteiger partial charge is 0.495 e. The molecule has 0 bridgehead atoms. The molecule has 0 saturated heterocycles. The number of hydrogen-bond acceptors (Lipinski definition) is 3. The van der Waals surface area contributed by atoms with Gasteiger partial charge in [0.2, 0.25) is 0 Å². The number of halogens is 1. The van der Waals surface area contributed by atoms with Crippen LogP contribution in [0.4, 0.5) is 4.39 Å². The molecule has 1 aromatic heterocycles. The van der Waals surface area contributed by atoms with Crippen LogP contribution in [0.1, 0.15) is 22.9 Å². The second-order valence-corrected chi connectivity index (χ2v) is 4.34. The molecule has 1 heterocycles. The number of aromatic nitrogens is 1. The van der Waals surface area contributed by atoms with Crippen LogP contribution in [-0.4, -0.2) is 19.1 Å². The van der Waals surface area contributed by atoms with E-state index in [1.54, 1.807) is 32.5 Å². The highest BCUT2D eigenvalue weighted by Crippen LogP contribution is 2.29. The van der Waals surface area contributed by atoms with E-state index < -0.39 is 0 Å². The minimum atomic E-state index is -0.337. The van der Waals surface area contributed by atoms with E-state index in [4.69, 9.17) is 4.74 Å². The van der Waals surface area contributed by atoms with E-state index in [1.807, 2.05) is 19.1 Å². The zero-order valence-corrected chi connectivity index (χ0v) is 11.3. The fourth-order valence-electron chi connectivity index (χ4n) is 2.12. The van der Waals surface area contributed by atoms with Crippen LogP contribution in [0.15, 0.2) is 36.5 Å². The predicted octanol–water partition coefficient (Wildman–Crippen LogP) is 2.85. The zero-order valence-electron chi connectivity index (χ0n) is 11.3. The number of methoxy groups -OCH3 is 1. The molecule has 0 radical (unpaired) electrons. The molecule has 1 aromatic carbocycles. The standard InChI is InChI=1S/C15H17FN2O/c1-10-6-7-12(16)11(9-10)14(17-2)15-13(19-3)5-4-8-18-15/h4-9,14,17H,1-3H3. The van der Waals surface area contributed by atoms with Gasteiger partial charge in [0, 0.05) is 11.8 Å². The number of pyridine rings is 1. The second-order valence-electron chi connectivity index (χ2n) is 4.34. The van der Waals surface area contributed by atoms with Crippen molar-refractivity contribution >= 4 is 0 Å². The number of aryl methyl sites for hydroxylation is 1. The summed E-state index contributed by atoms with van der Waals surface area (Å²) in [4.78, 5) is 4.31. The van der Waals surface area contributed by atoms with Crippen LogP contribution in [0.25, 0.3) is 0 Å². The monoisotopic (exact) mass is 260 g/mol. The highest BCUT2D eigenvalue weighted by molar-refractivity contribution is 5.38. The Morgan fingerprint density at radius 2 is 2.11 bits per heavy atom. The molecule has 0 aliphatic heterocycles. The van der Waals surface area contributed by atoms with Crippen LogP contribution in [0.3, 0.4) is 0 Å². The lowest BCUT2D eigenvalue weighted by Crippen LogP contribution is -2.21. The van der Waals surface area contributed by atoms with Gasteiger partial charge in [-0.1, -0.05) is 17.7 Å². The van der Waals surface area contributed by atoms with Crippen LogP contribution >= 0.6 is 0 Å². The molecule has 0 aliphatic carbocycles. The lowest BCUT2D eigenvalue weighted by atomic mass is 10.00. The van der Waals surface area contributed by atoms with Crippen molar-refractivity contribution in [3.63, 3.8) is 0 Å². The summed E-state index contributed by atoms with van der Waals surface area (Å²) in [6.07, 6.45) is 1.68. The minimum Gasteiger partial charge on any atom is -0.495 e. The van der Waals surface area contributed by atoms with E-state index in [1.165, 1.54) is 6.07 Å². The van der Waals surface area contributed by atoms with Gasteiger partial charge in [0.15, 0.2) is 0 Å². The first kappa shape index (κ1) is 13.5. The summed E-state index contributed by atoms with van der Waals surface area (Å²) in [5.41, 5.74) is 2.25. The quantitative estimate of drug-likeness (QED) is 0.918. The van der Waals surface area contributed by atoms with E-state index in [9.17, 15) is 4.39 Å². The Morgan fingerprint density at radius 1 is 1.32 bits per heavy atom. The highest BCUT2D eigenvalue weighted by Gasteiger charge is 2.21. The van der Waals surface area contributed by atoms with Crippen molar-refractivity contribution in [2.75, 3.05) is 14.2 Å². The fourth-order valence-corrected chi connectivity index (χ4v) is 2.12. The topological polar surface area (TPSA) is 34.2 Å². The van der Waals surface area contributed by atoms with E-state index in [2.05, 4.69) is 10.3 Å². The van der Waals surface area contributed by atoms with E-state index in [-0.39, 0.29) is 11.9 Å².